The summed E-state index contributed by atoms with van der Waals surface area (Å²) < 4.78 is 0. The van der Waals surface area contributed by atoms with Crippen molar-refractivity contribution in [2.75, 3.05) is 13.6 Å². The molecule has 0 radical (unpaired) electrons. The van der Waals surface area contributed by atoms with Crippen LogP contribution in [0.4, 0.5) is 0 Å². The topological polar surface area (TPSA) is 41.1 Å². The molecule has 0 heterocycles. The fourth-order valence-corrected chi connectivity index (χ4v) is 2.53. The minimum atomic E-state index is 0.105. The van der Waals surface area contributed by atoms with E-state index in [0.29, 0.717) is 24.8 Å². The molecule has 104 valence electrons. The number of rotatable bonds is 6. The first-order chi connectivity index (χ1) is 9.11. The smallest absolute Gasteiger partial charge is 0.221 e. The van der Waals surface area contributed by atoms with Gasteiger partial charge in [0.25, 0.3) is 0 Å². The number of hydrogen-bond acceptors (Lipinski definition) is 2. The molecule has 2 rings (SSSR count). The van der Waals surface area contributed by atoms with E-state index in [1.54, 1.807) is 0 Å². The van der Waals surface area contributed by atoms with Crippen molar-refractivity contribution in [3.05, 3.63) is 34.9 Å². The molecular formula is C15H21ClN2O. The molecule has 1 aromatic rings. The van der Waals surface area contributed by atoms with Gasteiger partial charge in [-0.2, -0.15) is 0 Å². The van der Waals surface area contributed by atoms with Crippen LogP contribution in [0.25, 0.3) is 0 Å². The first-order valence-corrected chi connectivity index (χ1v) is 7.19. The molecule has 3 nitrogen and oxygen atoms in total. The molecule has 0 aliphatic heterocycles. The molecule has 1 saturated carbocycles. The Labute approximate surface area is 119 Å². The molecule has 0 spiro atoms. The predicted molar refractivity (Wildman–Crippen MR) is 78.2 cm³/mol. The van der Waals surface area contributed by atoms with E-state index in [-0.39, 0.29) is 11.9 Å². The van der Waals surface area contributed by atoms with Crippen LogP contribution in [0.1, 0.15) is 31.4 Å². The maximum atomic E-state index is 11.9. The Kier molecular flexibility index (Phi) is 4.83. The standard InChI is InChI=1S/C15H21ClN2O/c1-10-9-13(10)15(18-14(19)7-8-17-2)11-3-5-12(16)6-4-11/h3-6,10,13,15,17H,7-9H2,1-2H3,(H,18,19). The number of nitrogens with one attached hydrogen (secondary N) is 2. The molecule has 1 aliphatic rings. The first-order valence-electron chi connectivity index (χ1n) is 6.81. The van der Waals surface area contributed by atoms with E-state index in [1.807, 2.05) is 31.3 Å². The van der Waals surface area contributed by atoms with Gasteiger partial charge in [0.1, 0.15) is 0 Å². The first kappa shape index (κ1) is 14.4. The zero-order chi connectivity index (χ0) is 13.8. The molecule has 0 aromatic heterocycles. The van der Waals surface area contributed by atoms with E-state index in [2.05, 4.69) is 17.6 Å². The second kappa shape index (κ2) is 6.40. The van der Waals surface area contributed by atoms with Gasteiger partial charge in [-0.05, 0) is 43.0 Å². The van der Waals surface area contributed by atoms with Crippen LogP contribution in [-0.4, -0.2) is 19.5 Å². The van der Waals surface area contributed by atoms with E-state index in [0.717, 1.165) is 10.6 Å². The van der Waals surface area contributed by atoms with E-state index in [9.17, 15) is 4.79 Å². The minimum Gasteiger partial charge on any atom is -0.349 e. The monoisotopic (exact) mass is 280 g/mol. The zero-order valence-corrected chi connectivity index (χ0v) is 12.2. The van der Waals surface area contributed by atoms with Gasteiger partial charge in [-0.25, -0.2) is 0 Å². The average molecular weight is 281 g/mol. The van der Waals surface area contributed by atoms with Crippen molar-refractivity contribution in [3.8, 4) is 0 Å². The van der Waals surface area contributed by atoms with Crippen molar-refractivity contribution in [1.82, 2.24) is 10.6 Å². The minimum absolute atomic E-state index is 0.105. The lowest BCUT2D eigenvalue weighted by Gasteiger charge is -2.19. The highest BCUT2D eigenvalue weighted by Crippen LogP contribution is 2.47. The Bertz CT molecular complexity index is 432. The zero-order valence-electron chi connectivity index (χ0n) is 11.4. The van der Waals surface area contributed by atoms with Crippen LogP contribution in [0.5, 0.6) is 0 Å². The van der Waals surface area contributed by atoms with Gasteiger partial charge in [0.05, 0.1) is 6.04 Å². The molecule has 0 bridgehead atoms. The van der Waals surface area contributed by atoms with E-state index in [4.69, 9.17) is 11.6 Å². The molecule has 0 saturated heterocycles. The third-order valence-corrected chi connectivity index (χ3v) is 4.00. The van der Waals surface area contributed by atoms with Gasteiger partial charge >= 0.3 is 0 Å². The lowest BCUT2D eigenvalue weighted by Crippen LogP contribution is -2.32. The number of amides is 1. The van der Waals surface area contributed by atoms with E-state index in [1.165, 1.54) is 6.42 Å². The van der Waals surface area contributed by atoms with Crippen LogP contribution in [0, 0.1) is 11.8 Å². The van der Waals surface area contributed by atoms with Crippen molar-refractivity contribution in [1.29, 1.82) is 0 Å². The van der Waals surface area contributed by atoms with Crippen molar-refractivity contribution in [2.45, 2.75) is 25.8 Å². The second-order valence-corrected chi connectivity index (χ2v) is 5.76. The van der Waals surface area contributed by atoms with Crippen LogP contribution < -0.4 is 10.6 Å². The summed E-state index contributed by atoms with van der Waals surface area (Å²) in [6.45, 7) is 2.94. The molecule has 19 heavy (non-hydrogen) atoms. The summed E-state index contributed by atoms with van der Waals surface area (Å²) in [5, 5.41) is 6.88. The van der Waals surface area contributed by atoms with Crippen LogP contribution in [-0.2, 0) is 4.79 Å². The van der Waals surface area contributed by atoms with Gasteiger partial charge in [0.2, 0.25) is 5.91 Å². The molecule has 3 atom stereocenters. The van der Waals surface area contributed by atoms with Gasteiger partial charge in [-0.15, -0.1) is 0 Å². The van der Waals surface area contributed by atoms with Gasteiger partial charge in [-0.1, -0.05) is 30.7 Å². The van der Waals surface area contributed by atoms with Crippen LogP contribution in [0.15, 0.2) is 24.3 Å². The van der Waals surface area contributed by atoms with Crippen molar-refractivity contribution < 1.29 is 4.79 Å². The molecule has 3 unspecified atom stereocenters. The SMILES string of the molecule is CNCCC(=O)NC(c1ccc(Cl)cc1)C1CC1C. The summed E-state index contributed by atoms with van der Waals surface area (Å²) in [6.07, 6.45) is 1.70. The molecule has 1 aliphatic carbocycles. The van der Waals surface area contributed by atoms with Gasteiger partial charge in [0.15, 0.2) is 0 Å². The maximum absolute atomic E-state index is 11.9. The van der Waals surface area contributed by atoms with Crippen molar-refractivity contribution in [3.63, 3.8) is 0 Å². The third-order valence-electron chi connectivity index (χ3n) is 3.75. The Balaban J connectivity index is 2.04. The predicted octanol–water partition coefficient (Wildman–Crippen LogP) is 2.76. The highest BCUT2D eigenvalue weighted by Gasteiger charge is 2.40. The quantitative estimate of drug-likeness (QED) is 0.841. The summed E-state index contributed by atoms with van der Waals surface area (Å²) in [6, 6.07) is 7.91. The van der Waals surface area contributed by atoms with Gasteiger partial charge in [-0.3, -0.25) is 4.79 Å². The van der Waals surface area contributed by atoms with Crippen LogP contribution in [0.2, 0.25) is 5.02 Å². The lowest BCUT2D eigenvalue weighted by molar-refractivity contribution is -0.121. The summed E-state index contributed by atoms with van der Waals surface area (Å²) in [7, 11) is 1.85. The van der Waals surface area contributed by atoms with Crippen molar-refractivity contribution in [2.24, 2.45) is 11.8 Å². The van der Waals surface area contributed by atoms with Crippen LogP contribution in [0.3, 0.4) is 0 Å². The Hall–Kier alpha value is -1.06. The molecule has 1 fully saturated rings. The Morgan fingerprint density at radius 2 is 2.05 bits per heavy atom. The molecule has 2 N–H and O–H groups in total. The molecule has 4 heteroatoms. The summed E-state index contributed by atoms with van der Waals surface area (Å²) in [4.78, 5) is 11.9. The number of carbonyl (C=O) groups is 1. The number of carbonyl (C=O) groups excluding carboxylic acids is 1. The van der Waals surface area contributed by atoms with E-state index < -0.39 is 0 Å². The highest BCUT2D eigenvalue weighted by molar-refractivity contribution is 6.30. The lowest BCUT2D eigenvalue weighted by atomic mass is 10.0. The number of benzene rings is 1. The van der Waals surface area contributed by atoms with Crippen LogP contribution >= 0.6 is 11.6 Å². The van der Waals surface area contributed by atoms with Gasteiger partial charge in [0, 0.05) is 18.0 Å². The highest BCUT2D eigenvalue weighted by atomic mass is 35.5. The maximum Gasteiger partial charge on any atom is 0.221 e. The molecule has 1 amide bonds. The summed E-state index contributed by atoms with van der Waals surface area (Å²) in [5.41, 5.74) is 1.15. The average Bonchev–Trinajstić information content (AvgIpc) is 3.11. The van der Waals surface area contributed by atoms with E-state index >= 15 is 0 Å². The second-order valence-electron chi connectivity index (χ2n) is 5.33. The summed E-state index contributed by atoms with van der Waals surface area (Å²) in [5.74, 6) is 1.35. The Morgan fingerprint density at radius 1 is 1.42 bits per heavy atom. The molecule has 1 aromatic carbocycles. The number of hydrogen-bond donors (Lipinski definition) is 2. The fourth-order valence-electron chi connectivity index (χ4n) is 2.41. The van der Waals surface area contributed by atoms with Crippen molar-refractivity contribution >= 4 is 17.5 Å². The summed E-state index contributed by atoms with van der Waals surface area (Å²) >= 11 is 5.92. The Morgan fingerprint density at radius 3 is 2.58 bits per heavy atom. The largest absolute Gasteiger partial charge is 0.349 e. The fraction of sp³-hybridized carbons (Fsp3) is 0.533. The normalized spacial score (nSPS) is 22.9. The van der Waals surface area contributed by atoms with Gasteiger partial charge < -0.3 is 10.6 Å². The third kappa shape index (κ3) is 3.95. The molecular weight excluding hydrogens is 260 g/mol. The number of halogens is 1.